The molecule has 0 atom stereocenters. The van der Waals surface area contributed by atoms with Crippen LogP contribution in [0.15, 0.2) is 53.4 Å². The molecule has 0 bridgehead atoms. The van der Waals surface area contributed by atoms with Crippen molar-refractivity contribution in [1.29, 1.82) is 0 Å². The minimum atomic E-state index is -3.68. The first-order valence-electron chi connectivity index (χ1n) is 6.21. The lowest BCUT2D eigenvalue weighted by molar-refractivity contribution is 0.323. The number of hydrogen-bond acceptors (Lipinski definition) is 4. The van der Waals surface area contributed by atoms with Crippen molar-refractivity contribution in [2.45, 2.75) is 4.90 Å². The Balaban J connectivity index is 1.92. The molecule has 0 amide bonds. The van der Waals surface area contributed by atoms with Crippen LogP contribution in [0.2, 0.25) is 5.02 Å². The molecule has 7 heteroatoms. The molecule has 5 nitrogen and oxygen atoms in total. The van der Waals surface area contributed by atoms with Gasteiger partial charge in [-0.2, -0.15) is 0 Å². The lowest BCUT2D eigenvalue weighted by atomic mass is 10.3. The lowest BCUT2D eigenvalue weighted by Crippen LogP contribution is -2.28. The molecule has 0 fully saturated rings. The number of nitrogens with one attached hydrogen (secondary N) is 1. The number of benzene rings is 2. The average Bonchev–Trinajstić information content (AvgIpc) is 2.44. The molecule has 0 aliphatic heterocycles. The Morgan fingerprint density at radius 3 is 2.52 bits per heavy atom. The first kappa shape index (κ1) is 15.6. The molecular formula is C14H15ClN2O3S. The summed E-state index contributed by atoms with van der Waals surface area (Å²) < 4.78 is 32.0. The Bertz CT molecular complexity index is 705. The largest absolute Gasteiger partial charge is 0.492 e. The van der Waals surface area contributed by atoms with Crippen LogP contribution in [0.5, 0.6) is 5.75 Å². The van der Waals surface area contributed by atoms with Crippen LogP contribution in [0.25, 0.3) is 0 Å². The molecule has 2 rings (SSSR count). The second kappa shape index (κ2) is 6.80. The van der Waals surface area contributed by atoms with E-state index in [2.05, 4.69) is 4.72 Å². The molecule has 0 aliphatic carbocycles. The number of halogens is 1. The molecule has 0 aromatic heterocycles. The van der Waals surface area contributed by atoms with Gasteiger partial charge in [0.25, 0.3) is 0 Å². The number of rotatable bonds is 6. The minimum Gasteiger partial charge on any atom is -0.492 e. The molecule has 2 aromatic rings. The summed E-state index contributed by atoms with van der Waals surface area (Å²) in [6.07, 6.45) is 0. The summed E-state index contributed by atoms with van der Waals surface area (Å²) in [5.41, 5.74) is 5.95. The van der Waals surface area contributed by atoms with Crippen LogP contribution in [0.3, 0.4) is 0 Å². The van der Waals surface area contributed by atoms with Gasteiger partial charge in [-0.25, -0.2) is 13.1 Å². The number of sulfonamides is 1. The third-order valence-electron chi connectivity index (χ3n) is 2.65. The van der Waals surface area contributed by atoms with E-state index in [4.69, 9.17) is 22.1 Å². The van der Waals surface area contributed by atoms with Gasteiger partial charge in [0.15, 0.2) is 0 Å². The maximum absolute atomic E-state index is 12.1. The van der Waals surface area contributed by atoms with Crippen molar-refractivity contribution in [3.05, 3.63) is 53.6 Å². The van der Waals surface area contributed by atoms with Gasteiger partial charge in [0.05, 0.1) is 5.02 Å². The molecule has 3 N–H and O–H groups in total. The van der Waals surface area contributed by atoms with E-state index in [0.29, 0.717) is 11.4 Å². The predicted molar refractivity (Wildman–Crippen MR) is 83.0 cm³/mol. The van der Waals surface area contributed by atoms with Gasteiger partial charge in [-0.05, 0) is 30.3 Å². The first-order valence-corrected chi connectivity index (χ1v) is 8.08. The van der Waals surface area contributed by atoms with Crippen molar-refractivity contribution < 1.29 is 13.2 Å². The third kappa shape index (κ3) is 4.35. The SMILES string of the molecule is Nc1ccc(S(=O)(=O)NCCOc2ccccc2)c(Cl)c1. The quantitative estimate of drug-likeness (QED) is 0.630. The van der Waals surface area contributed by atoms with Crippen molar-refractivity contribution >= 4 is 27.3 Å². The number of hydrogen-bond donors (Lipinski definition) is 2. The molecule has 112 valence electrons. The summed E-state index contributed by atoms with van der Waals surface area (Å²) in [6, 6.07) is 13.4. The lowest BCUT2D eigenvalue weighted by Gasteiger charge is -2.10. The monoisotopic (exact) mass is 326 g/mol. The molecule has 0 saturated carbocycles. The standard InChI is InChI=1S/C14H15ClN2O3S/c15-13-10-11(16)6-7-14(13)21(18,19)17-8-9-20-12-4-2-1-3-5-12/h1-7,10,17H,8-9,16H2. The second-order valence-corrected chi connectivity index (χ2v) is 6.39. The number of nitrogens with two attached hydrogens (primary N) is 1. The normalized spacial score (nSPS) is 11.3. The topological polar surface area (TPSA) is 81.4 Å². The van der Waals surface area contributed by atoms with Crippen LogP contribution in [-0.2, 0) is 10.0 Å². The highest BCUT2D eigenvalue weighted by atomic mass is 35.5. The fourth-order valence-electron chi connectivity index (χ4n) is 1.67. The van der Waals surface area contributed by atoms with E-state index < -0.39 is 10.0 Å². The summed E-state index contributed by atoms with van der Waals surface area (Å²) in [5, 5.41) is 0.0893. The molecule has 0 heterocycles. The van der Waals surface area contributed by atoms with Crippen molar-refractivity contribution in [3.8, 4) is 5.75 Å². The Kier molecular flexibility index (Phi) is 5.06. The number of para-hydroxylation sites is 1. The summed E-state index contributed by atoms with van der Waals surface area (Å²) in [4.78, 5) is -0.00178. The van der Waals surface area contributed by atoms with Crippen LogP contribution in [0.1, 0.15) is 0 Å². The predicted octanol–water partition coefficient (Wildman–Crippen LogP) is 2.28. The summed E-state index contributed by atoms with van der Waals surface area (Å²) in [7, 11) is -3.68. The highest BCUT2D eigenvalue weighted by molar-refractivity contribution is 7.89. The highest BCUT2D eigenvalue weighted by Gasteiger charge is 2.17. The summed E-state index contributed by atoms with van der Waals surface area (Å²) in [6.45, 7) is 0.355. The highest BCUT2D eigenvalue weighted by Crippen LogP contribution is 2.23. The van der Waals surface area contributed by atoms with Gasteiger partial charge in [0.2, 0.25) is 10.0 Å². The van der Waals surface area contributed by atoms with Gasteiger partial charge in [0, 0.05) is 12.2 Å². The van der Waals surface area contributed by atoms with E-state index in [0.717, 1.165) is 0 Å². The number of nitrogen functional groups attached to an aromatic ring is 1. The molecular weight excluding hydrogens is 312 g/mol. The number of ether oxygens (including phenoxy) is 1. The third-order valence-corrected chi connectivity index (χ3v) is 4.60. The minimum absolute atomic E-state index is 0.00178. The van der Waals surface area contributed by atoms with Crippen LogP contribution in [0.4, 0.5) is 5.69 Å². The van der Waals surface area contributed by atoms with Crippen LogP contribution in [0, 0.1) is 0 Å². The molecule has 21 heavy (non-hydrogen) atoms. The Labute approximate surface area is 128 Å². The maximum Gasteiger partial charge on any atom is 0.242 e. The maximum atomic E-state index is 12.1. The molecule has 2 aromatic carbocycles. The number of anilines is 1. The fourth-order valence-corrected chi connectivity index (χ4v) is 3.24. The molecule has 0 aliphatic rings. The van der Waals surface area contributed by atoms with Crippen molar-refractivity contribution in [2.24, 2.45) is 0 Å². The van der Waals surface area contributed by atoms with Crippen molar-refractivity contribution in [1.82, 2.24) is 4.72 Å². The average molecular weight is 327 g/mol. The summed E-state index contributed by atoms with van der Waals surface area (Å²) >= 11 is 5.89. The van der Waals surface area contributed by atoms with Crippen molar-refractivity contribution in [2.75, 3.05) is 18.9 Å². The van der Waals surface area contributed by atoms with E-state index in [1.165, 1.54) is 18.2 Å². The van der Waals surface area contributed by atoms with Crippen LogP contribution >= 0.6 is 11.6 Å². The van der Waals surface area contributed by atoms with Crippen molar-refractivity contribution in [3.63, 3.8) is 0 Å². The Morgan fingerprint density at radius 2 is 1.86 bits per heavy atom. The molecule has 0 saturated heterocycles. The van der Waals surface area contributed by atoms with Gasteiger partial charge < -0.3 is 10.5 Å². The van der Waals surface area contributed by atoms with Gasteiger partial charge in [-0.15, -0.1) is 0 Å². The van der Waals surface area contributed by atoms with E-state index in [1.807, 2.05) is 18.2 Å². The second-order valence-electron chi connectivity index (χ2n) is 4.25. The van der Waals surface area contributed by atoms with Crippen LogP contribution in [-0.4, -0.2) is 21.6 Å². The molecule has 0 radical (unpaired) electrons. The van der Waals surface area contributed by atoms with E-state index in [1.54, 1.807) is 12.1 Å². The van der Waals surface area contributed by atoms with E-state index in [-0.39, 0.29) is 23.1 Å². The van der Waals surface area contributed by atoms with Gasteiger partial charge in [-0.3, -0.25) is 0 Å². The summed E-state index contributed by atoms with van der Waals surface area (Å²) in [5.74, 6) is 0.683. The fraction of sp³-hybridized carbons (Fsp3) is 0.143. The first-order chi connectivity index (χ1) is 9.99. The molecule has 0 unspecified atom stereocenters. The zero-order valence-corrected chi connectivity index (χ0v) is 12.7. The van der Waals surface area contributed by atoms with E-state index >= 15 is 0 Å². The van der Waals surface area contributed by atoms with Gasteiger partial charge in [0.1, 0.15) is 17.3 Å². The van der Waals surface area contributed by atoms with Gasteiger partial charge >= 0.3 is 0 Å². The Morgan fingerprint density at radius 1 is 1.14 bits per heavy atom. The zero-order chi connectivity index (χ0) is 15.3. The zero-order valence-electron chi connectivity index (χ0n) is 11.1. The Hall–Kier alpha value is -1.76. The molecule has 0 spiro atoms. The van der Waals surface area contributed by atoms with Crippen LogP contribution < -0.4 is 15.2 Å². The van der Waals surface area contributed by atoms with E-state index in [9.17, 15) is 8.42 Å². The smallest absolute Gasteiger partial charge is 0.242 e. The van der Waals surface area contributed by atoms with Gasteiger partial charge in [-0.1, -0.05) is 29.8 Å².